The topological polar surface area (TPSA) is 89.9 Å². The highest BCUT2D eigenvalue weighted by molar-refractivity contribution is 5.78. The number of amides is 2. The second-order valence-electron chi connectivity index (χ2n) is 6.32. The molecule has 1 saturated heterocycles. The SMILES string of the molecule is CC1CCC(CNC(=O)N2CCC(O)C2)(C(=O)O)CC1. The summed E-state index contributed by atoms with van der Waals surface area (Å²) in [4.78, 5) is 25.1. The molecule has 3 N–H and O–H groups in total. The Labute approximate surface area is 119 Å². The van der Waals surface area contributed by atoms with Gasteiger partial charge in [-0.05, 0) is 38.0 Å². The molecule has 0 aromatic heterocycles. The molecule has 0 radical (unpaired) electrons. The maximum Gasteiger partial charge on any atom is 0.317 e. The fourth-order valence-electron chi connectivity index (χ4n) is 3.06. The van der Waals surface area contributed by atoms with Crippen LogP contribution in [-0.2, 0) is 4.79 Å². The first-order valence-electron chi connectivity index (χ1n) is 7.37. The van der Waals surface area contributed by atoms with Crippen LogP contribution in [0, 0.1) is 11.3 Å². The van der Waals surface area contributed by atoms with Gasteiger partial charge < -0.3 is 20.4 Å². The van der Waals surface area contributed by atoms with Gasteiger partial charge in [-0.25, -0.2) is 4.79 Å². The van der Waals surface area contributed by atoms with Gasteiger partial charge in [0.05, 0.1) is 11.5 Å². The minimum absolute atomic E-state index is 0.181. The van der Waals surface area contributed by atoms with Crippen LogP contribution in [0.4, 0.5) is 4.79 Å². The van der Waals surface area contributed by atoms with E-state index in [2.05, 4.69) is 12.2 Å². The molecule has 0 aromatic carbocycles. The molecule has 1 atom stereocenters. The minimum Gasteiger partial charge on any atom is -0.481 e. The zero-order chi connectivity index (χ0) is 14.8. The first-order chi connectivity index (χ1) is 9.43. The van der Waals surface area contributed by atoms with Crippen molar-refractivity contribution in [2.24, 2.45) is 11.3 Å². The quantitative estimate of drug-likeness (QED) is 0.722. The highest BCUT2D eigenvalue weighted by atomic mass is 16.4. The molecule has 2 aliphatic rings. The number of urea groups is 1. The van der Waals surface area contributed by atoms with Gasteiger partial charge in [0.2, 0.25) is 0 Å². The molecule has 0 bridgehead atoms. The van der Waals surface area contributed by atoms with Crippen molar-refractivity contribution in [3.05, 3.63) is 0 Å². The Morgan fingerprint density at radius 1 is 1.30 bits per heavy atom. The number of carboxylic acids is 1. The molecule has 6 nitrogen and oxygen atoms in total. The van der Waals surface area contributed by atoms with E-state index in [0.717, 1.165) is 12.8 Å². The summed E-state index contributed by atoms with van der Waals surface area (Å²) in [6.45, 7) is 3.18. The van der Waals surface area contributed by atoms with Crippen molar-refractivity contribution in [3.63, 3.8) is 0 Å². The van der Waals surface area contributed by atoms with E-state index in [9.17, 15) is 19.8 Å². The van der Waals surface area contributed by atoms with E-state index in [-0.39, 0.29) is 12.6 Å². The minimum atomic E-state index is -0.819. The van der Waals surface area contributed by atoms with Crippen molar-refractivity contribution in [3.8, 4) is 0 Å². The molecule has 1 unspecified atom stereocenters. The standard InChI is InChI=1S/C14H24N2O4/c1-10-2-5-14(6-3-10,12(18)19)9-15-13(20)16-7-4-11(17)8-16/h10-11,17H,2-9H2,1H3,(H,15,20)(H,18,19). The highest BCUT2D eigenvalue weighted by Crippen LogP contribution is 2.38. The fraction of sp³-hybridized carbons (Fsp3) is 0.857. The van der Waals surface area contributed by atoms with Crippen LogP contribution in [0.3, 0.4) is 0 Å². The lowest BCUT2D eigenvalue weighted by Crippen LogP contribution is -2.48. The predicted octanol–water partition coefficient (Wildman–Crippen LogP) is 1.04. The van der Waals surface area contributed by atoms with E-state index in [1.807, 2.05) is 0 Å². The lowest BCUT2D eigenvalue weighted by molar-refractivity contribution is -0.151. The highest BCUT2D eigenvalue weighted by Gasteiger charge is 2.41. The van der Waals surface area contributed by atoms with Gasteiger partial charge in [-0.15, -0.1) is 0 Å². The van der Waals surface area contributed by atoms with Crippen LogP contribution in [0.1, 0.15) is 39.0 Å². The number of aliphatic hydroxyl groups excluding tert-OH is 1. The molecule has 2 fully saturated rings. The van der Waals surface area contributed by atoms with Gasteiger partial charge in [0.25, 0.3) is 0 Å². The number of nitrogens with one attached hydrogen (secondary N) is 1. The van der Waals surface area contributed by atoms with Gasteiger partial charge in [0.15, 0.2) is 0 Å². The molecular formula is C14H24N2O4. The third-order valence-corrected chi connectivity index (χ3v) is 4.71. The van der Waals surface area contributed by atoms with E-state index in [4.69, 9.17) is 0 Å². The van der Waals surface area contributed by atoms with Gasteiger partial charge in [-0.2, -0.15) is 0 Å². The van der Waals surface area contributed by atoms with Gasteiger partial charge in [0, 0.05) is 19.6 Å². The van der Waals surface area contributed by atoms with Crippen molar-refractivity contribution >= 4 is 12.0 Å². The summed E-state index contributed by atoms with van der Waals surface area (Å²) in [6.07, 6.45) is 3.16. The summed E-state index contributed by atoms with van der Waals surface area (Å²) in [6, 6.07) is -0.263. The number of likely N-dealkylation sites (tertiary alicyclic amines) is 1. The molecule has 0 spiro atoms. The van der Waals surface area contributed by atoms with Crippen molar-refractivity contribution in [1.82, 2.24) is 10.2 Å². The smallest absolute Gasteiger partial charge is 0.317 e. The molecule has 1 aliphatic heterocycles. The largest absolute Gasteiger partial charge is 0.481 e. The molecule has 2 rings (SSSR count). The lowest BCUT2D eigenvalue weighted by Gasteiger charge is -2.36. The normalized spacial score (nSPS) is 34.0. The summed E-state index contributed by atoms with van der Waals surface area (Å²) in [5, 5.41) is 21.7. The van der Waals surface area contributed by atoms with Crippen LogP contribution in [-0.4, -0.2) is 52.9 Å². The van der Waals surface area contributed by atoms with Crippen molar-refractivity contribution in [2.75, 3.05) is 19.6 Å². The van der Waals surface area contributed by atoms with Crippen LogP contribution >= 0.6 is 0 Å². The molecule has 0 aromatic rings. The Morgan fingerprint density at radius 3 is 2.45 bits per heavy atom. The number of hydrogen-bond donors (Lipinski definition) is 3. The van der Waals surface area contributed by atoms with Crippen LogP contribution in [0.5, 0.6) is 0 Å². The summed E-state index contributed by atoms with van der Waals surface area (Å²) in [5.41, 5.74) is -0.819. The van der Waals surface area contributed by atoms with Crippen molar-refractivity contribution in [2.45, 2.75) is 45.1 Å². The zero-order valence-electron chi connectivity index (χ0n) is 12.0. The molecule has 2 amide bonds. The number of carboxylic acid groups (broad SMARTS) is 1. The van der Waals surface area contributed by atoms with Crippen LogP contribution in [0.15, 0.2) is 0 Å². The third kappa shape index (κ3) is 3.23. The number of aliphatic carboxylic acids is 1. The number of hydrogen-bond acceptors (Lipinski definition) is 3. The summed E-state index contributed by atoms with van der Waals surface area (Å²) >= 11 is 0. The second-order valence-corrected chi connectivity index (χ2v) is 6.32. The maximum absolute atomic E-state index is 12.0. The number of carbonyl (C=O) groups is 2. The first kappa shape index (κ1) is 15.1. The first-order valence-corrected chi connectivity index (χ1v) is 7.37. The maximum atomic E-state index is 12.0. The second kappa shape index (κ2) is 5.99. The third-order valence-electron chi connectivity index (χ3n) is 4.71. The van der Waals surface area contributed by atoms with E-state index in [1.165, 1.54) is 0 Å². The van der Waals surface area contributed by atoms with Gasteiger partial charge in [-0.3, -0.25) is 4.79 Å². The molecule has 20 heavy (non-hydrogen) atoms. The molecule has 6 heteroatoms. The molecule has 1 heterocycles. The molecule has 114 valence electrons. The number of carbonyl (C=O) groups excluding carboxylic acids is 1. The van der Waals surface area contributed by atoms with Crippen LogP contribution in [0.2, 0.25) is 0 Å². The average Bonchev–Trinajstić information content (AvgIpc) is 2.84. The van der Waals surface area contributed by atoms with Gasteiger partial charge in [0.1, 0.15) is 0 Å². The zero-order valence-corrected chi connectivity index (χ0v) is 12.0. The van der Waals surface area contributed by atoms with E-state index in [1.54, 1.807) is 4.90 Å². The number of β-amino-alcohol motifs (C(OH)–C–C–N with tert-alkyl or cyclic N) is 1. The van der Waals surface area contributed by atoms with Crippen molar-refractivity contribution < 1.29 is 19.8 Å². The molecule has 1 saturated carbocycles. The van der Waals surface area contributed by atoms with E-state index < -0.39 is 17.5 Å². The Bertz CT molecular complexity index is 377. The summed E-state index contributed by atoms with van der Waals surface area (Å²) in [7, 11) is 0. The van der Waals surface area contributed by atoms with Crippen LogP contribution in [0.25, 0.3) is 0 Å². The lowest BCUT2D eigenvalue weighted by atomic mass is 9.71. The number of rotatable bonds is 3. The number of aliphatic hydroxyl groups is 1. The van der Waals surface area contributed by atoms with Crippen molar-refractivity contribution in [1.29, 1.82) is 0 Å². The van der Waals surface area contributed by atoms with E-state index >= 15 is 0 Å². The molecular weight excluding hydrogens is 260 g/mol. The predicted molar refractivity (Wildman–Crippen MR) is 73.3 cm³/mol. The summed E-state index contributed by atoms with van der Waals surface area (Å²) in [5.74, 6) is -0.252. The monoisotopic (exact) mass is 284 g/mol. The Hall–Kier alpha value is -1.30. The van der Waals surface area contributed by atoms with Gasteiger partial charge >= 0.3 is 12.0 Å². The van der Waals surface area contributed by atoms with Crippen LogP contribution < -0.4 is 5.32 Å². The fourth-order valence-corrected chi connectivity index (χ4v) is 3.06. The summed E-state index contributed by atoms with van der Waals surface area (Å²) < 4.78 is 0. The van der Waals surface area contributed by atoms with Gasteiger partial charge in [-0.1, -0.05) is 6.92 Å². The average molecular weight is 284 g/mol. The Morgan fingerprint density at radius 2 is 1.95 bits per heavy atom. The molecule has 1 aliphatic carbocycles. The van der Waals surface area contributed by atoms with E-state index in [0.29, 0.717) is 38.3 Å². The Balaban J connectivity index is 1.89. The number of nitrogens with zero attached hydrogens (tertiary/aromatic N) is 1. The Kier molecular flexibility index (Phi) is 4.52.